The van der Waals surface area contributed by atoms with Crippen LogP contribution in [0.1, 0.15) is 0 Å². The van der Waals surface area contributed by atoms with E-state index in [2.05, 4.69) is 15.3 Å². The van der Waals surface area contributed by atoms with Gasteiger partial charge in [0.1, 0.15) is 0 Å². The molecule has 0 atom stereocenters. The second kappa shape index (κ2) is 5.42. The van der Waals surface area contributed by atoms with Crippen LogP contribution in [0, 0.1) is 5.92 Å². The summed E-state index contributed by atoms with van der Waals surface area (Å²) in [7, 11) is 0. The topological polar surface area (TPSA) is 37.8 Å². The highest BCUT2D eigenvalue weighted by Crippen LogP contribution is 2.17. The molecule has 3 nitrogen and oxygen atoms in total. The van der Waals surface area contributed by atoms with Gasteiger partial charge >= 0.3 is 0 Å². The molecule has 1 aliphatic heterocycles. The lowest BCUT2D eigenvalue weighted by Gasteiger charge is -2.26. The fraction of sp³-hybridized carbons (Fsp3) is 0.500. The lowest BCUT2D eigenvalue weighted by molar-refractivity contribution is 0.385. The van der Waals surface area contributed by atoms with Crippen LogP contribution in [-0.2, 0) is 0 Å². The fourth-order valence-corrected chi connectivity index (χ4v) is 1.91. The summed E-state index contributed by atoms with van der Waals surface area (Å²) < 4.78 is 0. The SMILES string of the molecule is Cl.c1cnc(SCC2CNC2)nc1. The Morgan fingerprint density at radius 3 is 2.62 bits per heavy atom. The van der Waals surface area contributed by atoms with E-state index in [-0.39, 0.29) is 12.4 Å². The summed E-state index contributed by atoms with van der Waals surface area (Å²) in [4.78, 5) is 8.28. The van der Waals surface area contributed by atoms with Crippen molar-refractivity contribution in [3.63, 3.8) is 0 Å². The van der Waals surface area contributed by atoms with E-state index in [1.54, 1.807) is 24.2 Å². The summed E-state index contributed by atoms with van der Waals surface area (Å²) >= 11 is 1.74. The molecule has 1 aromatic heterocycles. The smallest absolute Gasteiger partial charge is 0.187 e. The van der Waals surface area contributed by atoms with Crippen LogP contribution in [0.2, 0.25) is 0 Å². The first-order valence-electron chi connectivity index (χ1n) is 4.05. The number of halogens is 1. The van der Waals surface area contributed by atoms with Gasteiger partial charge in [0.05, 0.1) is 0 Å². The molecule has 0 amide bonds. The highest BCUT2D eigenvalue weighted by atomic mass is 35.5. The minimum absolute atomic E-state index is 0. The molecule has 0 aromatic carbocycles. The first kappa shape index (κ1) is 10.8. The normalized spacial score (nSPS) is 16.0. The van der Waals surface area contributed by atoms with Gasteiger partial charge in [-0.1, -0.05) is 11.8 Å². The Kier molecular flexibility index (Phi) is 4.48. The third-order valence-corrected chi connectivity index (χ3v) is 2.96. The van der Waals surface area contributed by atoms with Crippen LogP contribution >= 0.6 is 24.2 Å². The Labute approximate surface area is 88.2 Å². The number of nitrogens with zero attached hydrogens (tertiary/aromatic N) is 2. The molecule has 0 spiro atoms. The summed E-state index contributed by atoms with van der Waals surface area (Å²) in [6, 6.07) is 1.84. The van der Waals surface area contributed by atoms with Gasteiger partial charge in [-0.3, -0.25) is 0 Å². The maximum Gasteiger partial charge on any atom is 0.187 e. The van der Waals surface area contributed by atoms with Crippen LogP contribution in [0.4, 0.5) is 0 Å². The third-order valence-electron chi connectivity index (χ3n) is 1.86. The quantitative estimate of drug-likeness (QED) is 0.610. The second-order valence-electron chi connectivity index (χ2n) is 2.87. The number of hydrogen-bond acceptors (Lipinski definition) is 4. The van der Waals surface area contributed by atoms with Gasteiger partial charge < -0.3 is 5.32 Å². The second-order valence-corrected chi connectivity index (χ2v) is 3.85. The first-order valence-corrected chi connectivity index (χ1v) is 5.04. The van der Waals surface area contributed by atoms with Gasteiger partial charge in [0, 0.05) is 18.1 Å². The van der Waals surface area contributed by atoms with E-state index in [0.29, 0.717) is 0 Å². The Bertz CT molecular complexity index is 240. The maximum atomic E-state index is 4.14. The number of rotatable bonds is 3. The molecule has 0 radical (unpaired) electrons. The van der Waals surface area contributed by atoms with Gasteiger partial charge in [0.15, 0.2) is 5.16 Å². The molecule has 5 heteroatoms. The van der Waals surface area contributed by atoms with Crippen molar-refractivity contribution < 1.29 is 0 Å². The molecule has 1 saturated heterocycles. The minimum Gasteiger partial charge on any atom is -0.316 e. The van der Waals surface area contributed by atoms with Gasteiger partial charge in [-0.15, -0.1) is 12.4 Å². The van der Waals surface area contributed by atoms with Crippen LogP contribution in [0.3, 0.4) is 0 Å². The fourth-order valence-electron chi connectivity index (χ4n) is 1.02. The first-order chi connectivity index (χ1) is 5.95. The van der Waals surface area contributed by atoms with Gasteiger partial charge in [-0.2, -0.15) is 0 Å². The van der Waals surface area contributed by atoms with Crippen LogP contribution in [0.25, 0.3) is 0 Å². The molecular weight excluding hydrogens is 206 g/mol. The Hall–Kier alpha value is -0.320. The van der Waals surface area contributed by atoms with Crippen molar-refractivity contribution in [3.05, 3.63) is 18.5 Å². The zero-order valence-electron chi connectivity index (χ0n) is 7.14. The number of aromatic nitrogens is 2. The van der Waals surface area contributed by atoms with Crippen molar-refractivity contribution in [3.8, 4) is 0 Å². The van der Waals surface area contributed by atoms with Crippen LogP contribution in [0.15, 0.2) is 23.6 Å². The molecule has 72 valence electrons. The van der Waals surface area contributed by atoms with Crippen LogP contribution in [0.5, 0.6) is 0 Å². The van der Waals surface area contributed by atoms with Gasteiger partial charge in [0.25, 0.3) is 0 Å². The molecule has 1 fully saturated rings. The summed E-state index contributed by atoms with van der Waals surface area (Å²) in [6.45, 7) is 2.31. The monoisotopic (exact) mass is 217 g/mol. The molecule has 2 heterocycles. The van der Waals surface area contributed by atoms with Crippen molar-refractivity contribution in [2.75, 3.05) is 18.8 Å². The maximum absolute atomic E-state index is 4.14. The van der Waals surface area contributed by atoms with Crippen molar-refractivity contribution in [2.45, 2.75) is 5.16 Å². The predicted molar refractivity (Wildman–Crippen MR) is 56.4 cm³/mol. The molecule has 1 aromatic rings. The predicted octanol–water partition coefficient (Wildman–Crippen LogP) is 1.21. The molecular formula is C8H12ClN3S. The summed E-state index contributed by atoms with van der Waals surface area (Å²) in [5.41, 5.74) is 0. The molecule has 0 aliphatic carbocycles. The highest BCUT2D eigenvalue weighted by Gasteiger charge is 2.16. The highest BCUT2D eigenvalue weighted by molar-refractivity contribution is 7.99. The van der Waals surface area contributed by atoms with Crippen molar-refractivity contribution in [1.29, 1.82) is 0 Å². The number of nitrogens with one attached hydrogen (secondary N) is 1. The lowest BCUT2D eigenvalue weighted by atomic mass is 10.1. The zero-order valence-corrected chi connectivity index (χ0v) is 8.77. The molecule has 0 saturated carbocycles. The van der Waals surface area contributed by atoms with Crippen molar-refractivity contribution in [2.24, 2.45) is 5.92 Å². The molecule has 2 rings (SSSR count). The van der Waals surface area contributed by atoms with E-state index in [4.69, 9.17) is 0 Å². The van der Waals surface area contributed by atoms with Gasteiger partial charge in [0.2, 0.25) is 0 Å². The zero-order chi connectivity index (χ0) is 8.23. The van der Waals surface area contributed by atoms with E-state index in [1.165, 1.54) is 0 Å². The molecule has 13 heavy (non-hydrogen) atoms. The number of hydrogen-bond donors (Lipinski definition) is 1. The molecule has 0 bridgehead atoms. The summed E-state index contributed by atoms with van der Waals surface area (Å²) in [5.74, 6) is 1.95. The van der Waals surface area contributed by atoms with Crippen LogP contribution < -0.4 is 5.32 Å². The largest absolute Gasteiger partial charge is 0.316 e. The molecule has 1 N–H and O–H groups in total. The van der Waals surface area contributed by atoms with Gasteiger partial charge in [-0.25, -0.2) is 9.97 Å². The Morgan fingerprint density at radius 1 is 1.38 bits per heavy atom. The van der Waals surface area contributed by atoms with Crippen molar-refractivity contribution >= 4 is 24.2 Å². The van der Waals surface area contributed by atoms with E-state index in [1.807, 2.05) is 6.07 Å². The Balaban J connectivity index is 0.000000845. The molecule has 0 unspecified atom stereocenters. The van der Waals surface area contributed by atoms with Crippen LogP contribution in [-0.4, -0.2) is 28.8 Å². The Morgan fingerprint density at radius 2 is 2.08 bits per heavy atom. The third kappa shape index (κ3) is 3.14. The average Bonchev–Trinajstić information content (AvgIpc) is 2.04. The van der Waals surface area contributed by atoms with E-state index in [0.717, 1.165) is 29.9 Å². The van der Waals surface area contributed by atoms with Crippen molar-refractivity contribution in [1.82, 2.24) is 15.3 Å². The van der Waals surface area contributed by atoms with Gasteiger partial charge in [-0.05, 0) is 25.1 Å². The van der Waals surface area contributed by atoms with E-state index in [9.17, 15) is 0 Å². The van der Waals surface area contributed by atoms with E-state index >= 15 is 0 Å². The standard InChI is InChI=1S/C8H11N3S.ClH/c1-2-10-8(11-3-1)12-6-7-4-9-5-7;/h1-3,7,9H,4-6H2;1H. The average molecular weight is 218 g/mol. The van der Waals surface area contributed by atoms with E-state index < -0.39 is 0 Å². The lowest BCUT2D eigenvalue weighted by Crippen LogP contribution is -2.43. The number of thioether (sulfide) groups is 1. The molecule has 1 aliphatic rings. The summed E-state index contributed by atoms with van der Waals surface area (Å²) in [6.07, 6.45) is 3.57. The minimum atomic E-state index is 0. The summed E-state index contributed by atoms with van der Waals surface area (Å²) in [5, 5.41) is 4.14.